The molecule has 0 fully saturated rings. The minimum atomic E-state index is -0.321. The lowest BCUT2D eigenvalue weighted by Gasteiger charge is -2.14. The molecule has 0 saturated carbocycles. The van der Waals surface area contributed by atoms with Crippen LogP contribution in [0.25, 0.3) is 22.3 Å². The minimum Gasteiger partial charge on any atom is -0.207 e. The Labute approximate surface area is 134 Å². The normalized spacial score (nSPS) is 10.5. The number of hydrogen-bond donors (Lipinski definition) is 0. The van der Waals surface area contributed by atoms with Gasteiger partial charge in [-0.05, 0) is 47.4 Å². The van der Waals surface area contributed by atoms with Crippen LogP contribution in [0.2, 0.25) is 0 Å². The first-order valence-electron chi connectivity index (χ1n) is 7.36. The van der Waals surface area contributed by atoms with E-state index >= 15 is 4.39 Å². The molecule has 0 aliphatic heterocycles. The monoisotopic (exact) mass is 305 g/mol. The van der Waals surface area contributed by atoms with E-state index in [4.69, 9.17) is 0 Å². The summed E-state index contributed by atoms with van der Waals surface area (Å²) in [6.07, 6.45) is 2.10. The average molecular weight is 305 g/mol. The van der Waals surface area contributed by atoms with Crippen LogP contribution in [0.3, 0.4) is 0 Å². The van der Waals surface area contributed by atoms with Crippen molar-refractivity contribution in [2.75, 3.05) is 0 Å². The second-order valence-corrected chi connectivity index (χ2v) is 5.24. The Morgan fingerprint density at radius 2 is 1.61 bits per heavy atom. The summed E-state index contributed by atoms with van der Waals surface area (Å²) in [5, 5.41) is 0. The molecule has 0 unspecified atom stereocenters. The summed E-state index contributed by atoms with van der Waals surface area (Å²) in [7, 11) is 0. The molecule has 2 heteroatoms. The topological polar surface area (TPSA) is 0 Å². The van der Waals surface area contributed by atoms with Gasteiger partial charge in [0, 0.05) is 11.1 Å². The molecule has 0 aromatic heterocycles. The van der Waals surface area contributed by atoms with Gasteiger partial charge in [-0.2, -0.15) is 0 Å². The smallest absolute Gasteiger partial charge is 0.135 e. The zero-order chi connectivity index (χ0) is 16.2. The highest BCUT2D eigenvalue weighted by Crippen LogP contribution is 2.35. The molecule has 1 radical (unpaired) electrons. The van der Waals surface area contributed by atoms with Crippen molar-refractivity contribution in [1.29, 1.82) is 0 Å². The number of halogens is 2. The molecule has 0 N–H and O–H groups in total. The second-order valence-electron chi connectivity index (χ2n) is 5.24. The highest BCUT2D eigenvalue weighted by Gasteiger charge is 2.16. The third-order valence-corrected chi connectivity index (χ3v) is 3.70. The van der Waals surface area contributed by atoms with E-state index in [-0.39, 0.29) is 11.6 Å². The van der Waals surface area contributed by atoms with Crippen molar-refractivity contribution in [2.24, 2.45) is 0 Å². The molecular formula is C21H15F2. The maximum Gasteiger partial charge on any atom is 0.135 e. The van der Waals surface area contributed by atoms with Crippen LogP contribution >= 0.6 is 0 Å². The van der Waals surface area contributed by atoms with Gasteiger partial charge in [-0.1, -0.05) is 48.5 Å². The van der Waals surface area contributed by atoms with E-state index in [2.05, 4.69) is 12.6 Å². The van der Waals surface area contributed by atoms with E-state index in [1.54, 1.807) is 24.3 Å². The lowest BCUT2D eigenvalue weighted by atomic mass is 9.91. The Balaban J connectivity index is 2.25. The van der Waals surface area contributed by atoms with Crippen molar-refractivity contribution in [3.63, 3.8) is 0 Å². The molecule has 3 aromatic rings. The van der Waals surface area contributed by atoms with Gasteiger partial charge in [0.2, 0.25) is 0 Å². The molecular weight excluding hydrogens is 290 g/mol. The summed E-state index contributed by atoms with van der Waals surface area (Å²) in [5.41, 5.74) is 3.16. The van der Waals surface area contributed by atoms with Crippen molar-refractivity contribution in [2.45, 2.75) is 6.42 Å². The van der Waals surface area contributed by atoms with Gasteiger partial charge in [-0.15, -0.1) is 6.58 Å². The number of hydrogen-bond acceptors (Lipinski definition) is 0. The van der Waals surface area contributed by atoms with E-state index in [1.165, 1.54) is 12.1 Å². The maximum atomic E-state index is 15.0. The molecule has 0 spiro atoms. The summed E-state index contributed by atoms with van der Waals surface area (Å²) in [6.45, 7) is 3.67. The van der Waals surface area contributed by atoms with E-state index in [1.807, 2.05) is 30.3 Å². The third kappa shape index (κ3) is 3.07. The Kier molecular flexibility index (Phi) is 4.33. The van der Waals surface area contributed by atoms with E-state index < -0.39 is 0 Å². The van der Waals surface area contributed by atoms with Crippen molar-refractivity contribution < 1.29 is 8.78 Å². The van der Waals surface area contributed by atoms with Gasteiger partial charge in [0.15, 0.2) is 0 Å². The van der Waals surface area contributed by atoms with Crippen LogP contribution in [-0.4, -0.2) is 0 Å². The standard InChI is InChI=1S/C21H15F2/c1-2-6-17-11-14-19(15-9-12-18(22)13-10-15)20(21(17)23)16-7-4-3-5-8-16/h2-5,7-13H,1,6H2. The fourth-order valence-corrected chi connectivity index (χ4v) is 2.59. The summed E-state index contributed by atoms with van der Waals surface area (Å²) >= 11 is 0. The zero-order valence-corrected chi connectivity index (χ0v) is 12.5. The molecule has 0 nitrogen and oxygen atoms in total. The van der Waals surface area contributed by atoms with Crippen molar-refractivity contribution in [1.82, 2.24) is 0 Å². The molecule has 3 rings (SSSR count). The molecule has 0 bridgehead atoms. The van der Waals surface area contributed by atoms with E-state index in [0.717, 1.165) is 11.1 Å². The summed E-state index contributed by atoms with van der Waals surface area (Å²) < 4.78 is 28.2. The Morgan fingerprint density at radius 3 is 2.26 bits per heavy atom. The Bertz CT molecular complexity index is 818. The predicted molar refractivity (Wildman–Crippen MR) is 90.0 cm³/mol. The number of rotatable bonds is 4. The average Bonchev–Trinajstić information content (AvgIpc) is 2.58. The van der Waals surface area contributed by atoms with Crippen LogP contribution in [0, 0.1) is 17.7 Å². The summed E-state index contributed by atoms with van der Waals surface area (Å²) in [5.74, 6) is -0.604. The third-order valence-electron chi connectivity index (χ3n) is 3.70. The van der Waals surface area contributed by atoms with Gasteiger partial charge >= 0.3 is 0 Å². The largest absolute Gasteiger partial charge is 0.207 e. The fourth-order valence-electron chi connectivity index (χ4n) is 2.59. The first kappa shape index (κ1) is 15.2. The maximum absolute atomic E-state index is 15.0. The first-order chi connectivity index (χ1) is 11.2. The van der Waals surface area contributed by atoms with Crippen molar-refractivity contribution in [3.8, 4) is 22.3 Å². The second kappa shape index (κ2) is 6.57. The van der Waals surface area contributed by atoms with Gasteiger partial charge < -0.3 is 0 Å². The van der Waals surface area contributed by atoms with Crippen LogP contribution in [0.5, 0.6) is 0 Å². The molecule has 0 amide bonds. The highest BCUT2D eigenvalue weighted by molar-refractivity contribution is 5.84. The van der Waals surface area contributed by atoms with Crippen LogP contribution in [-0.2, 0) is 6.42 Å². The summed E-state index contributed by atoms with van der Waals surface area (Å²) in [6, 6.07) is 20.1. The van der Waals surface area contributed by atoms with E-state index in [9.17, 15) is 4.39 Å². The molecule has 23 heavy (non-hydrogen) atoms. The number of allylic oxidation sites excluding steroid dienone is 1. The van der Waals surface area contributed by atoms with Gasteiger partial charge in [0.1, 0.15) is 11.6 Å². The molecule has 0 heterocycles. The first-order valence-corrected chi connectivity index (χ1v) is 7.36. The van der Waals surface area contributed by atoms with Crippen LogP contribution in [0.15, 0.2) is 73.3 Å². The quantitative estimate of drug-likeness (QED) is 0.532. The molecule has 0 aliphatic carbocycles. The van der Waals surface area contributed by atoms with Gasteiger partial charge in [0.25, 0.3) is 0 Å². The van der Waals surface area contributed by atoms with Crippen LogP contribution < -0.4 is 0 Å². The Morgan fingerprint density at radius 1 is 0.913 bits per heavy atom. The van der Waals surface area contributed by atoms with E-state index in [0.29, 0.717) is 23.1 Å². The lowest BCUT2D eigenvalue weighted by Crippen LogP contribution is -1.96. The molecule has 0 aliphatic rings. The fraction of sp³-hybridized carbons (Fsp3) is 0.0476. The van der Waals surface area contributed by atoms with Crippen molar-refractivity contribution >= 4 is 0 Å². The highest BCUT2D eigenvalue weighted by atomic mass is 19.1. The molecule has 113 valence electrons. The minimum absolute atomic E-state index is 0.283. The number of benzene rings is 3. The van der Waals surface area contributed by atoms with Crippen LogP contribution in [0.4, 0.5) is 8.78 Å². The SMILES string of the molecule is C=CCc1c[c]c(-c2ccc(F)cc2)c(-c2ccccc2)c1F. The van der Waals surface area contributed by atoms with Crippen molar-refractivity contribution in [3.05, 3.63) is 96.6 Å². The molecule has 3 aromatic carbocycles. The molecule has 0 saturated heterocycles. The predicted octanol–water partition coefficient (Wildman–Crippen LogP) is 5.83. The Hall–Kier alpha value is -2.74. The zero-order valence-electron chi connectivity index (χ0n) is 12.5. The van der Waals surface area contributed by atoms with Gasteiger partial charge in [-0.3, -0.25) is 0 Å². The van der Waals surface area contributed by atoms with Gasteiger partial charge in [0.05, 0.1) is 0 Å². The summed E-state index contributed by atoms with van der Waals surface area (Å²) in [4.78, 5) is 0. The van der Waals surface area contributed by atoms with Gasteiger partial charge in [-0.25, -0.2) is 8.78 Å². The van der Waals surface area contributed by atoms with Crippen LogP contribution in [0.1, 0.15) is 5.56 Å². The lowest BCUT2D eigenvalue weighted by molar-refractivity contribution is 0.618. The molecule has 0 atom stereocenters.